The Morgan fingerprint density at radius 1 is 1.11 bits per heavy atom. The van der Waals surface area contributed by atoms with Gasteiger partial charge >= 0.3 is 0 Å². The van der Waals surface area contributed by atoms with Crippen LogP contribution in [-0.2, 0) is 4.84 Å². The normalized spacial score (nSPS) is 11.3. The number of phenols is 1. The molecule has 2 rings (SSSR count). The minimum absolute atomic E-state index is 0.185. The van der Waals surface area contributed by atoms with Gasteiger partial charge in [0.25, 0.3) is 0 Å². The molecule has 0 aliphatic carbocycles. The van der Waals surface area contributed by atoms with Crippen LogP contribution in [0.1, 0.15) is 11.1 Å². The molecule has 2 aromatic rings. The highest BCUT2D eigenvalue weighted by molar-refractivity contribution is 6.30. The van der Waals surface area contributed by atoms with Crippen LogP contribution in [0.15, 0.2) is 53.7 Å². The molecule has 0 saturated heterocycles. The van der Waals surface area contributed by atoms with Gasteiger partial charge < -0.3 is 9.94 Å². The largest absolute Gasteiger partial charge is 0.508 e. The molecule has 92 valence electrons. The average Bonchev–Trinajstić information content (AvgIpc) is 2.37. The quantitative estimate of drug-likeness (QED) is 0.679. The summed E-state index contributed by atoms with van der Waals surface area (Å²) in [5, 5.41) is 14.2. The molecular formula is C14H12ClNO2. The summed E-state index contributed by atoms with van der Waals surface area (Å²) in [6.07, 6.45) is 0. The minimum atomic E-state index is 0.185. The molecule has 0 atom stereocenters. The molecule has 0 aliphatic heterocycles. The van der Waals surface area contributed by atoms with Crippen molar-refractivity contribution in [3.05, 3.63) is 64.7 Å². The van der Waals surface area contributed by atoms with E-state index >= 15 is 0 Å². The zero-order valence-electron chi connectivity index (χ0n) is 9.80. The Labute approximate surface area is 110 Å². The summed E-state index contributed by atoms with van der Waals surface area (Å²) >= 11 is 5.85. The maximum Gasteiger partial charge on any atom is 0.117 e. The van der Waals surface area contributed by atoms with Crippen LogP contribution in [-0.4, -0.2) is 17.9 Å². The lowest BCUT2D eigenvalue weighted by molar-refractivity contribution is 0.214. The monoisotopic (exact) mass is 261 g/mol. The molecule has 4 heteroatoms. The number of rotatable bonds is 3. The second-order valence-electron chi connectivity index (χ2n) is 3.68. The molecule has 1 N–H and O–H groups in total. The average molecular weight is 262 g/mol. The summed E-state index contributed by atoms with van der Waals surface area (Å²) in [5.74, 6) is 0.185. The van der Waals surface area contributed by atoms with Gasteiger partial charge in [0, 0.05) is 16.1 Å². The van der Waals surface area contributed by atoms with E-state index in [1.807, 2.05) is 18.2 Å². The molecule has 0 aliphatic rings. The summed E-state index contributed by atoms with van der Waals surface area (Å²) in [6.45, 7) is 0. The summed E-state index contributed by atoms with van der Waals surface area (Å²) in [7, 11) is 1.48. The van der Waals surface area contributed by atoms with Gasteiger partial charge in [-0.3, -0.25) is 0 Å². The standard InChI is InChI=1S/C14H12ClNO2/c1-18-16-14(10-5-7-12(15)8-6-10)11-3-2-4-13(17)9-11/h2-9,17H,1H3. The third-order valence-corrected chi connectivity index (χ3v) is 2.67. The Morgan fingerprint density at radius 2 is 1.83 bits per heavy atom. The summed E-state index contributed by atoms with van der Waals surface area (Å²) in [5.41, 5.74) is 2.29. The van der Waals surface area contributed by atoms with E-state index in [4.69, 9.17) is 16.4 Å². The second-order valence-corrected chi connectivity index (χ2v) is 4.12. The Bertz CT molecular complexity index is 564. The summed E-state index contributed by atoms with van der Waals surface area (Å²) in [6, 6.07) is 14.1. The van der Waals surface area contributed by atoms with Gasteiger partial charge in [0.1, 0.15) is 18.6 Å². The lowest BCUT2D eigenvalue weighted by atomic mass is 10.0. The van der Waals surface area contributed by atoms with Gasteiger partial charge in [-0.05, 0) is 24.3 Å². The van der Waals surface area contributed by atoms with E-state index in [-0.39, 0.29) is 5.75 Å². The number of benzene rings is 2. The van der Waals surface area contributed by atoms with Crippen molar-refractivity contribution in [1.82, 2.24) is 0 Å². The molecule has 2 aromatic carbocycles. The summed E-state index contributed by atoms with van der Waals surface area (Å²) < 4.78 is 0. The van der Waals surface area contributed by atoms with Crippen molar-refractivity contribution in [3.8, 4) is 5.75 Å². The van der Waals surface area contributed by atoms with Crippen molar-refractivity contribution in [1.29, 1.82) is 0 Å². The van der Waals surface area contributed by atoms with Crippen molar-refractivity contribution >= 4 is 17.3 Å². The Kier molecular flexibility index (Phi) is 3.85. The second kappa shape index (κ2) is 5.56. The lowest BCUT2D eigenvalue weighted by Gasteiger charge is -2.06. The molecule has 0 aromatic heterocycles. The van der Waals surface area contributed by atoms with Gasteiger partial charge in [0.2, 0.25) is 0 Å². The Morgan fingerprint density at radius 3 is 2.44 bits per heavy atom. The van der Waals surface area contributed by atoms with Crippen molar-refractivity contribution < 1.29 is 9.94 Å². The highest BCUT2D eigenvalue weighted by Crippen LogP contribution is 2.18. The molecule has 0 saturated carbocycles. The predicted molar refractivity (Wildman–Crippen MR) is 72.2 cm³/mol. The van der Waals surface area contributed by atoms with Gasteiger partial charge in [0.15, 0.2) is 0 Å². The van der Waals surface area contributed by atoms with Crippen LogP contribution >= 0.6 is 11.6 Å². The zero-order chi connectivity index (χ0) is 13.0. The molecule has 0 fully saturated rings. The van der Waals surface area contributed by atoms with E-state index in [0.717, 1.165) is 11.1 Å². The van der Waals surface area contributed by atoms with Gasteiger partial charge in [0.05, 0.1) is 0 Å². The Balaban J connectivity index is 2.47. The minimum Gasteiger partial charge on any atom is -0.508 e. The van der Waals surface area contributed by atoms with Gasteiger partial charge in [-0.25, -0.2) is 0 Å². The number of halogens is 1. The molecule has 0 spiro atoms. The first-order valence-corrected chi connectivity index (χ1v) is 5.75. The fourth-order valence-corrected chi connectivity index (χ4v) is 1.75. The van der Waals surface area contributed by atoms with Crippen LogP contribution in [0.2, 0.25) is 5.02 Å². The highest BCUT2D eigenvalue weighted by Gasteiger charge is 2.08. The smallest absolute Gasteiger partial charge is 0.117 e. The van der Waals surface area contributed by atoms with Crippen LogP contribution in [0.25, 0.3) is 0 Å². The third kappa shape index (κ3) is 2.81. The molecule has 0 heterocycles. The number of nitrogens with zero attached hydrogens (tertiary/aromatic N) is 1. The molecule has 0 unspecified atom stereocenters. The number of phenolic OH excluding ortho intramolecular Hbond substituents is 1. The van der Waals surface area contributed by atoms with E-state index in [2.05, 4.69) is 5.16 Å². The van der Waals surface area contributed by atoms with Crippen LogP contribution in [0.3, 0.4) is 0 Å². The van der Waals surface area contributed by atoms with Crippen molar-refractivity contribution in [3.63, 3.8) is 0 Å². The van der Waals surface area contributed by atoms with Crippen LogP contribution < -0.4 is 0 Å². The molecular weight excluding hydrogens is 250 g/mol. The topological polar surface area (TPSA) is 41.8 Å². The maximum atomic E-state index is 9.50. The van der Waals surface area contributed by atoms with Crippen LogP contribution in [0.5, 0.6) is 5.75 Å². The van der Waals surface area contributed by atoms with Crippen molar-refractivity contribution in [2.45, 2.75) is 0 Å². The molecule has 0 amide bonds. The summed E-state index contributed by atoms with van der Waals surface area (Å²) in [4.78, 5) is 4.86. The van der Waals surface area contributed by atoms with E-state index in [1.165, 1.54) is 7.11 Å². The SMILES string of the molecule is CON=C(c1ccc(Cl)cc1)c1cccc(O)c1. The fourth-order valence-electron chi connectivity index (χ4n) is 1.62. The van der Waals surface area contributed by atoms with E-state index in [9.17, 15) is 5.11 Å². The van der Waals surface area contributed by atoms with Gasteiger partial charge in [-0.15, -0.1) is 0 Å². The van der Waals surface area contributed by atoms with Gasteiger partial charge in [-0.1, -0.05) is 41.0 Å². The van der Waals surface area contributed by atoms with E-state index in [1.54, 1.807) is 30.3 Å². The first-order chi connectivity index (χ1) is 8.70. The van der Waals surface area contributed by atoms with Crippen molar-refractivity contribution in [2.75, 3.05) is 7.11 Å². The molecule has 0 bridgehead atoms. The zero-order valence-corrected chi connectivity index (χ0v) is 10.6. The van der Waals surface area contributed by atoms with Gasteiger partial charge in [-0.2, -0.15) is 0 Å². The highest BCUT2D eigenvalue weighted by atomic mass is 35.5. The molecule has 3 nitrogen and oxygen atoms in total. The first kappa shape index (κ1) is 12.5. The van der Waals surface area contributed by atoms with Crippen LogP contribution in [0.4, 0.5) is 0 Å². The fraction of sp³-hybridized carbons (Fsp3) is 0.0714. The first-order valence-electron chi connectivity index (χ1n) is 5.37. The maximum absolute atomic E-state index is 9.50. The number of hydrogen-bond acceptors (Lipinski definition) is 3. The van der Waals surface area contributed by atoms with E-state index < -0.39 is 0 Å². The van der Waals surface area contributed by atoms with E-state index in [0.29, 0.717) is 10.7 Å². The number of oxime groups is 1. The van der Waals surface area contributed by atoms with Crippen LogP contribution in [0, 0.1) is 0 Å². The molecule has 0 radical (unpaired) electrons. The number of aromatic hydroxyl groups is 1. The lowest BCUT2D eigenvalue weighted by Crippen LogP contribution is -2.03. The Hall–Kier alpha value is -2.00. The van der Waals surface area contributed by atoms with Crippen molar-refractivity contribution in [2.24, 2.45) is 5.16 Å². The number of hydrogen-bond donors (Lipinski definition) is 1. The molecule has 18 heavy (non-hydrogen) atoms. The predicted octanol–water partition coefficient (Wildman–Crippen LogP) is 3.44. The third-order valence-electron chi connectivity index (χ3n) is 2.42.